The van der Waals surface area contributed by atoms with Crippen molar-refractivity contribution in [3.8, 4) is 5.75 Å². The van der Waals surface area contributed by atoms with Crippen LogP contribution in [0.5, 0.6) is 5.75 Å². The van der Waals surface area contributed by atoms with Crippen LogP contribution in [0.15, 0.2) is 115 Å². The van der Waals surface area contributed by atoms with Crippen molar-refractivity contribution < 1.29 is 14.2 Å². The largest absolute Gasteiger partial charge is 0.497 e. The van der Waals surface area contributed by atoms with E-state index in [2.05, 4.69) is 79.7 Å². The molecule has 0 spiro atoms. The lowest BCUT2D eigenvalue weighted by atomic mass is 9.80. The standard InChI is InChI=1S/C31H32O3/c1-25(33-24-26-18-20-30(32-2)21-19-26)22-23-34-31(27-12-6-3-7-13-27,28-14-8-4-9-15-28)29-16-10-5-11-17-29/h3-21,25H,22-24H2,1-2H3. The molecule has 0 N–H and O–H groups in total. The van der Waals surface area contributed by atoms with Gasteiger partial charge in [0.1, 0.15) is 11.4 Å². The van der Waals surface area contributed by atoms with Gasteiger partial charge in [-0.15, -0.1) is 0 Å². The van der Waals surface area contributed by atoms with E-state index in [9.17, 15) is 0 Å². The zero-order chi connectivity index (χ0) is 23.6. The Bertz CT molecular complexity index is 1010. The van der Waals surface area contributed by atoms with Crippen molar-refractivity contribution in [1.29, 1.82) is 0 Å². The maximum Gasteiger partial charge on any atom is 0.143 e. The Morgan fingerprint density at radius 1 is 0.647 bits per heavy atom. The van der Waals surface area contributed by atoms with Crippen LogP contribution in [0.4, 0.5) is 0 Å². The molecular weight excluding hydrogens is 420 g/mol. The van der Waals surface area contributed by atoms with Crippen LogP contribution in [0.2, 0.25) is 0 Å². The fourth-order valence-corrected chi connectivity index (χ4v) is 4.19. The molecule has 0 saturated heterocycles. The van der Waals surface area contributed by atoms with E-state index < -0.39 is 5.60 Å². The number of benzene rings is 4. The Kier molecular flexibility index (Phi) is 8.13. The molecule has 4 aromatic carbocycles. The maximum absolute atomic E-state index is 6.84. The van der Waals surface area contributed by atoms with E-state index in [0.29, 0.717) is 13.2 Å². The fourth-order valence-electron chi connectivity index (χ4n) is 4.19. The highest BCUT2D eigenvalue weighted by atomic mass is 16.5. The van der Waals surface area contributed by atoms with Gasteiger partial charge >= 0.3 is 0 Å². The highest BCUT2D eigenvalue weighted by molar-refractivity contribution is 5.47. The van der Waals surface area contributed by atoms with E-state index in [0.717, 1.165) is 34.4 Å². The summed E-state index contributed by atoms with van der Waals surface area (Å²) >= 11 is 0. The van der Waals surface area contributed by atoms with Gasteiger partial charge in [0.25, 0.3) is 0 Å². The minimum atomic E-state index is -0.695. The summed E-state index contributed by atoms with van der Waals surface area (Å²) < 4.78 is 18.2. The number of methoxy groups -OCH3 is 1. The van der Waals surface area contributed by atoms with E-state index in [1.54, 1.807) is 7.11 Å². The van der Waals surface area contributed by atoms with Gasteiger partial charge in [0.15, 0.2) is 0 Å². The van der Waals surface area contributed by atoms with E-state index in [4.69, 9.17) is 14.2 Å². The molecule has 1 atom stereocenters. The zero-order valence-electron chi connectivity index (χ0n) is 19.9. The third kappa shape index (κ3) is 5.56. The summed E-state index contributed by atoms with van der Waals surface area (Å²) in [5.74, 6) is 0.851. The summed E-state index contributed by atoms with van der Waals surface area (Å²) in [4.78, 5) is 0. The van der Waals surface area contributed by atoms with Crippen molar-refractivity contribution in [2.45, 2.75) is 31.7 Å². The van der Waals surface area contributed by atoms with Crippen LogP contribution >= 0.6 is 0 Å². The topological polar surface area (TPSA) is 27.7 Å². The van der Waals surface area contributed by atoms with Crippen LogP contribution in [0.25, 0.3) is 0 Å². The Balaban J connectivity index is 1.52. The Morgan fingerprint density at radius 2 is 1.12 bits per heavy atom. The molecule has 0 aliphatic carbocycles. The highest BCUT2D eigenvalue weighted by Gasteiger charge is 2.37. The minimum absolute atomic E-state index is 0.0575. The molecule has 0 radical (unpaired) electrons. The minimum Gasteiger partial charge on any atom is -0.497 e. The second kappa shape index (κ2) is 11.6. The van der Waals surface area contributed by atoms with Crippen molar-refractivity contribution in [2.24, 2.45) is 0 Å². The lowest BCUT2D eigenvalue weighted by Gasteiger charge is -2.36. The first-order chi connectivity index (χ1) is 16.7. The molecule has 0 heterocycles. The number of rotatable bonds is 11. The molecule has 174 valence electrons. The van der Waals surface area contributed by atoms with Crippen molar-refractivity contribution in [1.82, 2.24) is 0 Å². The van der Waals surface area contributed by atoms with Crippen molar-refractivity contribution in [3.63, 3.8) is 0 Å². The molecule has 0 bridgehead atoms. The van der Waals surface area contributed by atoms with Crippen LogP contribution in [0.1, 0.15) is 35.6 Å². The molecular formula is C31H32O3. The summed E-state index contributed by atoms with van der Waals surface area (Å²) in [5.41, 5.74) is 3.76. The van der Waals surface area contributed by atoms with Crippen LogP contribution in [0, 0.1) is 0 Å². The second-order valence-corrected chi connectivity index (χ2v) is 8.39. The van der Waals surface area contributed by atoms with E-state index in [1.165, 1.54) is 0 Å². The lowest BCUT2D eigenvalue weighted by molar-refractivity contribution is -0.0222. The molecule has 4 aromatic rings. The van der Waals surface area contributed by atoms with Gasteiger partial charge in [0, 0.05) is 0 Å². The first kappa shape index (κ1) is 23.7. The van der Waals surface area contributed by atoms with E-state index in [-0.39, 0.29) is 6.10 Å². The van der Waals surface area contributed by atoms with Crippen molar-refractivity contribution in [3.05, 3.63) is 138 Å². The highest BCUT2D eigenvalue weighted by Crippen LogP contribution is 2.40. The molecule has 1 unspecified atom stereocenters. The number of hydrogen-bond donors (Lipinski definition) is 0. The van der Waals surface area contributed by atoms with Gasteiger partial charge in [-0.3, -0.25) is 0 Å². The van der Waals surface area contributed by atoms with Gasteiger partial charge in [0.05, 0.1) is 26.4 Å². The predicted molar refractivity (Wildman–Crippen MR) is 137 cm³/mol. The fraction of sp³-hybridized carbons (Fsp3) is 0.226. The molecule has 34 heavy (non-hydrogen) atoms. The van der Waals surface area contributed by atoms with Crippen LogP contribution in [-0.4, -0.2) is 19.8 Å². The van der Waals surface area contributed by atoms with Gasteiger partial charge in [-0.25, -0.2) is 0 Å². The summed E-state index contributed by atoms with van der Waals surface area (Å²) in [6.07, 6.45) is 0.840. The van der Waals surface area contributed by atoms with Gasteiger partial charge in [-0.05, 0) is 47.7 Å². The number of ether oxygens (including phenoxy) is 3. The molecule has 4 rings (SSSR count). The van der Waals surface area contributed by atoms with Gasteiger partial charge in [-0.1, -0.05) is 103 Å². The summed E-state index contributed by atoms with van der Waals surface area (Å²) in [6, 6.07) is 39.4. The van der Waals surface area contributed by atoms with Gasteiger partial charge in [0.2, 0.25) is 0 Å². The quantitative estimate of drug-likeness (QED) is 0.229. The Morgan fingerprint density at radius 3 is 1.56 bits per heavy atom. The van der Waals surface area contributed by atoms with E-state index in [1.807, 2.05) is 42.5 Å². The van der Waals surface area contributed by atoms with Crippen molar-refractivity contribution >= 4 is 0 Å². The molecule has 0 saturated carbocycles. The predicted octanol–water partition coefficient (Wildman–Crippen LogP) is 7.00. The second-order valence-electron chi connectivity index (χ2n) is 8.39. The molecule has 0 amide bonds. The zero-order valence-corrected chi connectivity index (χ0v) is 19.9. The van der Waals surface area contributed by atoms with Gasteiger partial charge < -0.3 is 14.2 Å². The molecule has 0 fully saturated rings. The average Bonchev–Trinajstić information content (AvgIpc) is 2.92. The first-order valence-corrected chi connectivity index (χ1v) is 11.8. The third-order valence-corrected chi connectivity index (χ3v) is 6.08. The summed E-state index contributed by atoms with van der Waals surface area (Å²) in [5, 5.41) is 0. The Labute approximate surface area is 202 Å². The van der Waals surface area contributed by atoms with Crippen LogP contribution in [-0.2, 0) is 21.7 Å². The molecule has 0 aliphatic heterocycles. The molecule has 3 heteroatoms. The van der Waals surface area contributed by atoms with Crippen LogP contribution in [0.3, 0.4) is 0 Å². The molecule has 0 aliphatic rings. The van der Waals surface area contributed by atoms with E-state index >= 15 is 0 Å². The van der Waals surface area contributed by atoms with Gasteiger partial charge in [-0.2, -0.15) is 0 Å². The number of hydrogen-bond acceptors (Lipinski definition) is 3. The third-order valence-electron chi connectivity index (χ3n) is 6.08. The average molecular weight is 453 g/mol. The normalized spacial score (nSPS) is 12.3. The SMILES string of the molecule is COc1ccc(COC(C)CCOC(c2ccccc2)(c2ccccc2)c2ccccc2)cc1. The summed E-state index contributed by atoms with van der Waals surface area (Å²) in [7, 11) is 1.67. The maximum atomic E-state index is 6.84. The lowest BCUT2D eigenvalue weighted by Crippen LogP contribution is -2.34. The Hall–Kier alpha value is -3.40. The molecule has 0 aromatic heterocycles. The van der Waals surface area contributed by atoms with Crippen LogP contribution < -0.4 is 4.74 Å². The first-order valence-electron chi connectivity index (χ1n) is 11.8. The molecule has 3 nitrogen and oxygen atoms in total. The summed E-state index contributed by atoms with van der Waals surface area (Å²) in [6.45, 7) is 3.22. The monoisotopic (exact) mass is 452 g/mol. The van der Waals surface area contributed by atoms with Crippen molar-refractivity contribution in [2.75, 3.05) is 13.7 Å². The smallest absolute Gasteiger partial charge is 0.143 e.